The molecule has 2 N–H and O–H groups in total. The number of benzene rings is 3. The van der Waals surface area contributed by atoms with E-state index in [0.717, 1.165) is 22.8 Å². The number of aromatic nitrogens is 2. The van der Waals surface area contributed by atoms with Gasteiger partial charge in [0, 0.05) is 17.5 Å². The zero-order valence-corrected chi connectivity index (χ0v) is 19.1. The second-order valence-electron chi connectivity index (χ2n) is 7.18. The van der Waals surface area contributed by atoms with Crippen LogP contribution in [0.4, 0.5) is 5.69 Å². The van der Waals surface area contributed by atoms with Crippen LogP contribution in [0.3, 0.4) is 0 Å². The van der Waals surface area contributed by atoms with Crippen molar-refractivity contribution in [3.05, 3.63) is 78.6 Å². The first-order valence-electron chi connectivity index (χ1n) is 10.0. The van der Waals surface area contributed by atoms with E-state index in [4.69, 9.17) is 14.6 Å². The summed E-state index contributed by atoms with van der Waals surface area (Å²) in [5.74, 6) is -1.01. The van der Waals surface area contributed by atoms with Crippen molar-refractivity contribution in [1.82, 2.24) is 9.55 Å². The van der Waals surface area contributed by atoms with Crippen molar-refractivity contribution in [2.75, 3.05) is 18.9 Å². The van der Waals surface area contributed by atoms with Gasteiger partial charge in [-0.25, -0.2) is 18.2 Å². The molecule has 0 saturated heterocycles. The quantitative estimate of drug-likeness (QED) is 0.367. The molecule has 1 heterocycles. The minimum absolute atomic E-state index is 0.00369. The minimum atomic E-state index is -4.11. The Balaban J connectivity index is 1.67. The maximum Gasteiger partial charge on any atom is 0.328 e. The van der Waals surface area contributed by atoms with Crippen molar-refractivity contribution < 1.29 is 27.8 Å². The number of aliphatic carboxylic acids is 1. The fraction of sp³-hybridized carbons (Fsp3) is 0.0833. The number of methoxy groups -OCH3 is 2. The molecule has 0 saturated carbocycles. The molecule has 0 aliphatic rings. The Morgan fingerprint density at radius 2 is 1.79 bits per heavy atom. The average Bonchev–Trinajstić information content (AvgIpc) is 3.26. The first-order chi connectivity index (χ1) is 16.3. The van der Waals surface area contributed by atoms with Crippen LogP contribution in [0.25, 0.3) is 22.8 Å². The van der Waals surface area contributed by atoms with Gasteiger partial charge in [0.05, 0.1) is 25.3 Å². The van der Waals surface area contributed by atoms with E-state index in [0.29, 0.717) is 11.3 Å². The van der Waals surface area contributed by atoms with Crippen molar-refractivity contribution in [2.45, 2.75) is 4.90 Å². The monoisotopic (exact) mass is 479 g/mol. The standard InChI is InChI=1S/C24H21N3O6S/c1-32-21-13-16(7-12-23(28)29)14-22(24(21)33-2)34(30,31)26-17-8-10-18(11-9-17)27-15-25-19-5-3-4-6-20(19)27/h3-15,26H,1-2H3,(H,28,29). The normalized spacial score (nSPS) is 11.6. The smallest absolute Gasteiger partial charge is 0.328 e. The molecule has 0 atom stereocenters. The zero-order valence-electron chi connectivity index (χ0n) is 18.3. The molecule has 10 heteroatoms. The average molecular weight is 480 g/mol. The molecule has 0 radical (unpaired) electrons. The van der Waals surface area contributed by atoms with Crippen molar-refractivity contribution in [1.29, 1.82) is 0 Å². The van der Waals surface area contributed by atoms with E-state index in [1.54, 1.807) is 30.6 Å². The van der Waals surface area contributed by atoms with Crippen LogP contribution in [-0.4, -0.2) is 43.3 Å². The van der Waals surface area contributed by atoms with Gasteiger partial charge in [-0.05, 0) is 60.2 Å². The van der Waals surface area contributed by atoms with Crippen LogP contribution >= 0.6 is 0 Å². The summed E-state index contributed by atoms with van der Waals surface area (Å²) in [4.78, 5) is 15.1. The van der Waals surface area contributed by atoms with Gasteiger partial charge in [-0.15, -0.1) is 0 Å². The first kappa shape index (κ1) is 22.9. The summed E-state index contributed by atoms with van der Waals surface area (Å²) in [5.41, 5.74) is 3.25. The summed E-state index contributed by atoms with van der Waals surface area (Å²) < 4.78 is 41.4. The van der Waals surface area contributed by atoms with Gasteiger partial charge < -0.3 is 14.6 Å². The van der Waals surface area contributed by atoms with Crippen LogP contribution < -0.4 is 14.2 Å². The number of nitrogens with zero attached hydrogens (tertiary/aromatic N) is 2. The van der Waals surface area contributed by atoms with Crippen LogP contribution in [-0.2, 0) is 14.8 Å². The molecule has 0 fully saturated rings. The first-order valence-corrected chi connectivity index (χ1v) is 11.5. The SMILES string of the molecule is COc1cc(C=CC(=O)O)cc(S(=O)(=O)Nc2ccc(-n3cnc4ccccc43)cc2)c1OC. The molecular weight excluding hydrogens is 458 g/mol. The van der Waals surface area contributed by atoms with Gasteiger partial charge in [-0.2, -0.15) is 0 Å². The Morgan fingerprint density at radius 1 is 1.06 bits per heavy atom. The molecule has 0 amide bonds. The van der Waals surface area contributed by atoms with Crippen LogP contribution in [0.2, 0.25) is 0 Å². The number of anilines is 1. The summed E-state index contributed by atoms with van der Waals surface area (Å²) in [6.07, 6.45) is 3.88. The van der Waals surface area contributed by atoms with Gasteiger partial charge in [0.2, 0.25) is 0 Å². The van der Waals surface area contributed by atoms with Crippen LogP contribution in [0, 0.1) is 0 Å². The molecule has 0 unspecified atom stereocenters. The summed E-state index contributed by atoms with van der Waals surface area (Å²) >= 11 is 0. The number of hydrogen-bond donors (Lipinski definition) is 2. The number of rotatable bonds is 8. The number of fused-ring (bicyclic) bond motifs is 1. The lowest BCUT2D eigenvalue weighted by Crippen LogP contribution is -2.15. The number of sulfonamides is 1. The Kier molecular flexibility index (Phi) is 6.24. The molecule has 174 valence electrons. The fourth-order valence-corrected chi connectivity index (χ4v) is 4.75. The highest BCUT2D eigenvalue weighted by atomic mass is 32.2. The van der Waals surface area contributed by atoms with Crippen LogP contribution in [0.1, 0.15) is 5.56 Å². The largest absolute Gasteiger partial charge is 0.493 e. The number of imidazole rings is 1. The number of para-hydroxylation sites is 2. The van der Waals surface area contributed by atoms with Gasteiger partial charge in [-0.1, -0.05) is 12.1 Å². The molecule has 4 rings (SSSR count). The van der Waals surface area contributed by atoms with Gasteiger partial charge in [0.1, 0.15) is 11.2 Å². The number of nitrogens with one attached hydrogen (secondary N) is 1. The summed E-state index contributed by atoms with van der Waals surface area (Å²) in [7, 11) is -1.41. The van der Waals surface area contributed by atoms with E-state index in [1.165, 1.54) is 32.4 Å². The molecule has 34 heavy (non-hydrogen) atoms. The highest BCUT2D eigenvalue weighted by molar-refractivity contribution is 7.92. The molecule has 9 nitrogen and oxygen atoms in total. The van der Waals surface area contributed by atoms with Gasteiger partial charge in [-0.3, -0.25) is 9.29 Å². The number of carboxylic acid groups (broad SMARTS) is 1. The predicted molar refractivity (Wildman–Crippen MR) is 128 cm³/mol. The molecule has 4 aromatic rings. The van der Waals surface area contributed by atoms with E-state index < -0.39 is 16.0 Å². The van der Waals surface area contributed by atoms with E-state index in [-0.39, 0.29) is 16.4 Å². The Hall–Kier alpha value is -4.31. The van der Waals surface area contributed by atoms with E-state index >= 15 is 0 Å². The van der Waals surface area contributed by atoms with Gasteiger partial charge in [0.25, 0.3) is 10.0 Å². The third kappa shape index (κ3) is 4.57. The maximum absolute atomic E-state index is 13.2. The Labute approximate surface area is 195 Å². The molecule has 0 spiro atoms. The Morgan fingerprint density at radius 3 is 2.47 bits per heavy atom. The second kappa shape index (κ2) is 9.28. The lowest BCUT2D eigenvalue weighted by Gasteiger charge is -2.16. The van der Waals surface area contributed by atoms with E-state index in [2.05, 4.69) is 9.71 Å². The molecule has 1 aromatic heterocycles. The Bertz CT molecular complexity index is 1490. The molecule has 0 bridgehead atoms. The van der Waals surface area contributed by atoms with Gasteiger partial charge >= 0.3 is 5.97 Å². The topological polar surface area (TPSA) is 120 Å². The lowest BCUT2D eigenvalue weighted by atomic mass is 10.2. The van der Waals surface area contributed by atoms with Crippen LogP contribution in [0.15, 0.2) is 78.0 Å². The second-order valence-corrected chi connectivity index (χ2v) is 8.83. The summed E-state index contributed by atoms with van der Waals surface area (Å²) in [6.45, 7) is 0. The molecule has 0 aliphatic heterocycles. The van der Waals surface area contributed by atoms with E-state index in [1.807, 2.05) is 28.8 Å². The molecule has 3 aromatic carbocycles. The predicted octanol–water partition coefficient (Wildman–Crippen LogP) is 3.94. The minimum Gasteiger partial charge on any atom is -0.493 e. The van der Waals surface area contributed by atoms with Crippen molar-refractivity contribution >= 4 is 38.8 Å². The van der Waals surface area contributed by atoms with Crippen LogP contribution in [0.5, 0.6) is 11.5 Å². The van der Waals surface area contributed by atoms with Gasteiger partial charge in [0.15, 0.2) is 11.5 Å². The van der Waals surface area contributed by atoms with Crippen molar-refractivity contribution in [2.24, 2.45) is 0 Å². The number of carboxylic acids is 1. The number of carbonyl (C=O) groups is 1. The molecular formula is C24H21N3O6S. The van der Waals surface area contributed by atoms with Crippen molar-refractivity contribution in [3.63, 3.8) is 0 Å². The maximum atomic E-state index is 13.2. The summed E-state index contributed by atoms with van der Waals surface area (Å²) in [6, 6.07) is 17.3. The van der Waals surface area contributed by atoms with E-state index in [9.17, 15) is 13.2 Å². The fourth-order valence-electron chi connectivity index (χ4n) is 3.48. The lowest BCUT2D eigenvalue weighted by molar-refractivity contribution is -0.131. The third-order valence-electron chi connectivity index (χ3n) is 5.03. The van der Waals surface area contributed by atoms with Crippen molar-refractivity contribution in [3.8, 4) is 17.2 Å². The highest BCUT2D eigenvalue weighted by Crippen LogP contribution is 2.37. The molecule has 0 aliphatic carbocycles. The zero-order chi connectivity index (χ0) is 24.3. The number of hydrogen-bond acceptors (Lipinski definition) is 6. The summed E-state index contributed by atoms with van der Waals surface area (Å²) in [5, 5.41) is 8.90. The third-order valence-corrected chi connectivity index (χ3v) is 6.41. The highest BCUT2D eigenvalue weighted by Gasteiger charge is 2.24. The number of ether oxygens (including phenoxy) is 2.